The van der Waals surface area contributed by atoms with Crippen molar-refractivity contribution in [1.29, 1.82) is 0 Å². The smallest absolute Gasteiger partial charge is 0.408 e. The molecule has 1 fully saturated rings. The Balaban J connectivity index is 1.26. The van der Waals surface area contributed by atoms with Gasteiger partial charge in [0.2, 0.25) is 0 Å². The van der Waals surface area contributed by atoms with Crippen molar-refractivity contribution in [2.24, 2.45) is 0 Å². The number of carboxylic acids is 1. The van der Waals surface area contributed by atoms with Crippen LogP contribution in [0.25, 0.3) is 17.7 Å². The monoisotopic (exact) mass is 494 g/mol. The highest BCUT2D eigenvalue weighted by atomic mass is 16.5. The van der Waals surface area contributed by atoms with Crippen LogP contribution in [0.4, 0.5) is 4.79 Å². The second-order valence-electron chi connectivity index (χ2n) is 9.38. The van der Waals surface area contributed by atoms with Crippen LogP contribution < -0.4 is 5.32 Å². The zero-order valence-electron chi connectivity index (χ0n) is 20.6. The van der Waals surface area contributed by atoms with Crippen molar-refractivity contribution in [2.45, 2.75) is 25.5 Å². The van der Waals surface area contributed by atoms with Gasteiger partial charge in [-0.25, -0.2) is 9.59 Å². The van der Waals surface area contributed by atoms with Crippen LogP contribution in [-0.4, -0.2) is 47.7 Å². The molecule has 0 bridgehead atoms. The van der Waals surface area contributed by atoms with Crippen LogP contribution >= 0.6 is 0 Å². The van der Waals surface area contributed by atoms with Crippen molar-refractivity contribution in [1.82, 2.24) is 10.2 Å². The predicted molar refractivity (Wildman–Crippen MR) is 145 cm³/mol. The van der Waals surface area contributed by atoms with Crippen molar-refractivity contribution in [3.8, 4) is 0 Å². The molecule has 1 aliphatic heterocycles. The Morgan fingerprint density at radius 3 is 2.00 bits per heavy atom. The van der Waals surface area contributed by atoms with Gasteiger partial charge in [-0.3, -0.25) is 0 Å². The van der Waals surface area contributed by atoms with E-state index in [-0.39, 0.29) is 13.2 Å². The lowest BCUT2D eigenvalue weighted by Gasteiger charge is -2.32. The number of likely N-dealkylation sites (tertiary alicyclic amines) is 1. The molecule has 1 amide bonds. The third-order valence-electron chi connectivity index (χ3n) is 6.96. The number of carboxylic acid groups (broad SMARTS) is 1. The maximum atomic E-state index is 12.3. The molecule has 1 saturated heterocycles. The first-order valence-corrected chi connectivity index (χ1v) is 12.6. The molecule has 1 atom stereocenters. The summed E-state index contributed by atoms with van der Waals surface area (Å²) < 4.78 is 5.23. The van der Waals surface area contributed by atoms with E-state index in [1.165, 1.54) is 33.4 Å². The van der Waals surface area contributed by atoms with Gasteiger partial charge in [0, 0.05) is 19.6 Å². The average Bonchev–Trinajstić information content (AvgIpc) is 3.09. The fourth-order valence-corrected chi connectivity index (χ4v) is 5.05. The largest absolute Gasteiger partial charge is 0.480 e. The SMILES string of the molecule is O=C(NC(CN1CCC(=C2c3ccccc3C=Cc3ccccc32)CC1)C(=O)O)OCc1ccccc1. The summed E-state index contributed by atoms with van der Waals surface area (Å²) in [7, 11) is 0. The van der Waals surface area contributed by atoms with Crippen LogP contribution in [0.5, 0.6) is 0 Å². The summed E-state index contributed by atoms with van der Waals surface area (Å²) in [5, 5.41) is 12.3. The molecule has 5 rings (SSSR count). The van der Waals surface area contributed by atoms with E-state index in [0.29, 0.717) is 0 Å². The van der Waals surface area contributed by atoms with Gasteiger partial charge in [-0.15, -0.1) is 0 Å². The van der Waals surface area contributed by atoms with E-state index >= 15 is 0 Å². The number of rotatable bonds is 6. The summed E-state index contributed by atoms with van der Waals surface area (Å²) in [5.74, 6) is -1.07. The zero-order valence-corrected chi connectivity index (χ0v) is 20.6. The van der Waals surface area contributed by atoms with Gasteiger partial charge >= 0.3 is 12.1 Å². The maximum absolute atomic E-state index is 12.3. The summed E-state index contributed by atoms with van der Waals surface area (Å²) in [6, 6.07) is 25.2. The second kappa shape index (κ2) is 11.3. The number of fused-ring (bicyclic) bond motifs is 2. The van der Waals surface area contributed by atoms with Crippen molar-refractivity contribution < 1.29 is 19.4 Å². The molecule has 37 heavy (non-hydrogen) atoms. The molecule has 2 N–H and O–H groups in total. The maximum Gasteiger partial charge on any atom is 0.408 e. The van der Waals surface area contributed by atoms with E-state index < -0.39 is 18.1 Å². The molecular weight excluding hydrogens is 464 g/mol. The molecule has 6 nitrogen and oxygen atoms in total. The number of ether oxygens (including phenoxy) is 1. The molecule has 0 saturated carbocycles. The average molecular weight is 495 g/mol. The molecule has 1 unspecified atom stereocenters. The molecule has 3 aromatic rings. The van der Waals surface area contributed by atoms with Crippen LogP contribution in [0.2, 0.25) is 0 Å². The van der Waals surface area contributed by atoms with E-state index in [1.807, 2.05) is 30.3 Å². The number of carbonyl (C=O) groups excluding carboxylic acids is 1. The first-order chi connectivity index (χ1) is 18.1. The fraction of sp³-hybridized carbons (Fsp3) is 0.226. The molecule has 1 aliphatic carbocycles. The summed E-state index contributed by atoms with van der Waals surface area (Å²) >= 11 is 0. The van der Waals surface area contributed by atoms with Gasteiger partial charge in [-0.05, 0) is 46.2 Å². The zero-order chi connectivity index (χ0) is 25.6. The number of nitrogens with zero attached hydrogens (tertiary/aromatic N) is 1. The fourth-order valence-electron chi connectivity index (χ4n) is 5.05. The van der Waals surface area contributed by atoms with Gasteiger partial charge in [0.15, 0.2) is 0 Å². The number of aliphatic carboxylic acids is 1. The molecule has 3 aromatic carbocycles. The summed E-state index contributed by atoms with van der Waals surface area (Å²) in [6.07, 6.45) is 5.30. The highest BCUT2D eigenvalue weighted by Gasteiger charge is 2.27. The topological polar surface area (TPSA) is 78.9 Å². The van der Waals surface area contributed by atoms with Crippen LogP contribution in [-0.2, 0) is 16.1 Å². The molecule has 6 heteroatoms. The highest BCUT2D eigenvalue weighted by Crippen LogP contribution is 2.38. The first kappa shape index (κ1) is 24.5. The Morgan fingerprint density at radius 1 is 0.838 bits per heavy atom. The molecule has 0 spiro atoms. The molecule has 1 heterocycles. The molecule has 0 radical (unpaired) electrons. The minimum Gasteiger partial charge on any atom is -0.480 e. The molecule has 188 valence electrons. The Morgan fingerprint density at radius 2 is 1.41 bits per heavy atom. The van der Waals surface area contributed by atoms with Crippen LogP contribution in [0.15, 0.2) is 84.4 Å². The number of alkyl carbamates (subject to hydrolysis) is 1. The number of benzene rings is 3. The standard InChI is InChI=1S/C31H30N2O4/c34-30(35)28(32-31(36)37-21-22-8-2-1-3-9-22)20-33-18-16-25(17-19-33)29-26-12-6-4-10-23(26)14-15-24-11-5-7-13-27(24)29/h1-15,28H,16-21H2,(H,32,36)(H,34,35). The van der Waals surface area contributed by atoms with Gasteiger partial charge in [-0.1, -0.05) is 96.6 Å². The number of hydrogen-bond donors (Lipinski definition) is 2. The highest BCUT2D eigenvalue weighted by molar-refractivity contribution is 5.95. The van der Waals surface area contributed by atoms with E-state index in [1.54, 1.807) is 0 Å². The number of hydrogen-bond acceptors (Lipinski definition) is 4. The van der Waals surface area contributed by atoms with Crippen LogP contribution in [0.3, 0.4) is 0 Å². The van der Waals surface area contributed by atoms with Crippen molar-refractivity contribution in [3.05, 3.63) is 112 Å². The number of amides is 1. The van der Waals surface area contributed by atoms with Crippen LogP contribution in [0.1, 0.15) is 40.7 Å². The molecule has 0 aromatic heterocycles. The van der Waals surface area contributed by atoms with Crippen molar-refractivity contribution >= 4 is 29.8 Å². The molecule has 2 aliphatic rings. The lowest BCUT2D eigenvalue weighted by atomic mass is 9.86. The van der Waals surface area contributed by atoms with Gasteiger partial charge in [0.05, 0.1) is 0 Å². The Bertz CT molecular complexity index is 1280. The Hall–Kier alpha value is -4.16. The van der Waals surface area contributed by atoms with E-state index in [0.717, 1.165) is 31.5 Å². The van der Waals surface area contributed by atoms with E-state index in [9.17, 15) is 14.7 Å². The van der Waals surface area contributed by atoms with Crippen LogP contribution in [0, 0.1) is 0 Å². The normalized spacial score (nSPS) is 15.8. The van der Waals surface area contributed by atoms with E-state index in [2.05, 4.69) is 70.9 Å². The summed E-state index contributed by atoms with van der Waals surface area (Å²) in [5.41, 5.74) is 8.38. The summed E-state index contributed by atoms with van der Waals surface area (Å²) in [4.78, 5) is 26.3. The van der Waals surface area contributed by atoms with Crippen molar-refractivity contribution in [3.63, 3.8) is 0 Å². The summed E-state index contributed by atoms with van der Waals surface area (Å²) in [6.45, 7) is 1.77. The first-order valence-electron chi connectivity index (χ1n) is 12.6. The number of carbonyl (C=O) groups is 2. The predicted octanol–water partition coefficient (Wildman–Crippen LogP) is 5.45. The lowest BCUT2D eigenvalue weighted by molar-refractivity contribution is -0.139. The quantitative estimate of drug-likeness (QED) is 0.373. The minimum absolute atomic E-state index is 0.0947. The Labute approximate surface area is 216 Å². The second-order valence-corrected chi connectivity index (χ2v) is 9.38. The number of piperidine rings is 1. The van der Waals surface area contributed by atoms with Crippen molar-refractivity contribution in [2.75, 3.05) is 19.6 Å². The van der Waals surface area contributed by atoms with Gasteiger partial charge < -0.3 is 20.1 Å². The van der Waals surface area contributed by atoms with Gasteiger partial charge in [0.25, 0.3) is 0 Å². The lowest BCUT2D eigenvalue weighted by Crippen LogP contribution is -2.49. The van der Waals surface area contributed by atoms with E-state index in [4.69, 9.17) is 4.74 Å². The number of nitrogens with one attached hydrogen (secondary N) is 1. The minimum atomic E-state index is -1.07. The molecular formula is C31H30N2O4. The third-order valence-corrected chi connectivity index (χ3v) is 6.96. The Kier molecular flexibility index (Phi) is 7.47. The third kappa shape index (κ3) is 5.81. The van der Waals surface area contributed by atoms with Gasteiger partial charge in [0.1, 0.15) is 12.6 Å². The van der Waals surface area contributed by atoms with Gasteiger partial charge in [-0.2, -0.15) is 0 Å².